The smallest absolute Gasteiger partial charge is 0.330 e. The highest BCUT2D eigenvalue weighted by atomic mass is 16.2. The van der Waals surface area contributed by atoms with Crippen LogP contribution in [-0.2, 0) is 6.54 Å². The van der Waals surface area contributed by atoms with Crippen molar-refractivity contribution < 1.29 is 9.28 Å². The van der Waals surface area contributed by atoms with E-state index in [-0.39, 0.29) is 11.5 Å². The Morgan fingerprint density at radius 1 is 1.13 bits per heavy atom. The molecule has 196 valence electrons. The lowest BCUT2D eigenvalue weighted by Gasteiger charge is -2.35. The number of aromatic nitrogens is 3. The Morgan fingerprint density at radius 3 is 2.58 bits per heavy atom. The third-order valence-corrected chi connectivity index (χ3v) is 8.12. The number of piperazine rings is 1. The zero-order valence-corrected chi connectivity index (χ0v) is 21.6. The van der Waals surface area contributed by atoms with Crippen LogP contribution in [0, 0.1) is 0 Å². The van der Waals surface area contributed by atoms with Gasteiger partial charge in [-0.2, -0.15) is 0 Å². The number of likely N-dealkylation sites (tertiary alicyclic amines) is 1. The average molecular weight is 513 g/mol. The molecule has 9 nitrogen and oxygen atoms in total. The minimum atomic E-state index is -0.184. The van der Waals surface area contributed by atoms with Crippen molar-refractivity contribution in [2.24, 2.45) is 5.73 Å². The number of likely N-dealkylation sites (N-methyl/N-ethyl adjacent to an activating group) is 1. The quantitative estimate of drug-likeness (QED) is 0.212. The first-order chi connectivity index (χ1) is 18.4. The molecule has 9 heteroatoms. The fourth-order valence-corrected chi connectivity index (χ4v) is 5.86. The summed E-state index contributed by atoms with van der Waals surface area (Å²) < 4.78 is 2.31. The van der Waals surface area contributed by atoms with Gasteiger partial charge in [0.05, 0.1) is 29.9 Å². The molecule has 3 unspecified atom stereocenters. The summed E-state index contributed by atoms with van der Waals surface area (Å²) in [5.41, 5.74) is 10.3. The second kappa shape index (κ2) is 9.92. The van der Waals surface area contributed by atoms with Crippen molar-refractivity contribution in [2.45, 2.75) is 31.5 Å². The number of nitrogens with one attached hydrogen (secondary N) is 3. The zero-order chi connectivity index (χ0) is 26.3. The Balaban J connectivity index is 1.21. The van der Waals surface area contributed by atoms with Crippen LogP contribution >= 0.6 is 0 Å². The van der Waals surface area contributed by atoms with Crippen LogP contribution in [0.15, 0.2) is 65.7 Å². The lowest BCUT2D eigenvalue weighted by atomic mass is 10.1. The van der Waals surface area contributed by atoms with Crippen molar-refractivity contribution in [3.63, 3.8) is 0 Å². The van der Waals surface area contributed by atoms with Crippen LogP contribution in [0.1, 0.15) is 28.8 Å². The predicted molar refractivity (Wildman–Crippen MR) is 148 cm³/mol. The maximum atomic E-state index is 13.3. The number of nitrogens with zero attached hydrogens (tertiary/aromatic N) is 3. The van der Waals surface area contributed by atoms with Crippen LogP contribution in [0.5, 0.6) is 0 Å². The summed E-state index contributed by atoms with van der Waals surface area (Å²) in [4.78, 5) is 33.7. The fraction of sp³-hybridized carbons (Fsp3) is 0.345. The van der Waals surface area contributed by atoms with Crippen LogP contribution in [-0.4, -0.2) is 70.1 Å². The number of aromatic amines is 1. The summed E-state index contributed by atoms with van der Waals surface area (Å²) >= 11 is 0. The first-order valence-electron chi connectivity index (χ1n) is 13.3. The second-order valence-electron chi connectivity index (χ2n) is 10.7. The summed E-state index contributed by atoms with van der Waals surface area (Å²) in [6.07, 6.45) is 5.73. The number of imidazole rings is 1. The van der Waals surface area contributed by atoms with Gasteiger partial charge in [-0.25, -0.2) is 9.78 Å². The number of nitrogens with two attached hydrogens (primary N) is 1. The molecule has 4 aromatic rings. The van der Waals surface area contributed by atoms with Crippen molar-refractivity contribution in [2.75, 3.05) is 33.2 Å². The standard InChI is InChI=1S/C29H33N7O2/c1-36(18-23-13-24(36)15-32-23)28(38)22-9-7-21(8-10-22)26-17-35-16-25(27(37)34-29(35)33-26)20-5-3-19(4-6-20)14-31-12-2-11-30/h3-10,16-17,23-24,31-32H,2,11-15,18,30H2,1H3/p+1. The van der Waals surface area contributed by atoms with Crippen molar-refractivity contribution in [3.8, 4) is 22.4 Å². The molecule has 5 N–H and O–H groups in total. The minimum absolute atomic E-state index is 0.173. The van der Waals surface area contributed by atoms with Gasteiger partial charge < -0.3 is 16.4 Å². The number of benzene rings is 2. The van der Waals surface area contributed by atoms with Crippen molar-refractivity contribution in [1.29, 1.82) is 0 Å². The highest BCUT2D eigenvalue weighted by molar-refractivity contribution is 5.90. The summed E-state index contributed by atoms with van der Waals surface area (Å²) in [6, 6.07) is 16.5. The molecular formula is C29H34N7O2+. The Morgan fingerprint density at radius 2 is 1.89 bits per heavy atom. The summed E-state index contributed by atoms with van der Waals surface area (Å²) in [5.74, 6) is 0.653. The lowest BCUT2D eigenvalue weighted by molar-refractivity contribution is -0.843. The molecule has 0 radical (unpaired) electrons. The molecular weight excluding hydrogens is 478 g/mol. The average Bonchev–Trinajstić information content (AvgIpc) is 3.65. The van der Waals surface area contributed by atoms with Gasteiger partial charge in [0.2, 0.25) is 5.78 Å². The van der Waals surface area contributed by atoms with Crippen LogP contribution in [0.4, 0.5) is 0 Å². The van der Waals surface area contributed by atoms with Gasteiger partial charge in [-0.15, -0.1) is 0 Å². The van der Waals surface area contributed by atoms with Gasteiger partial charge in [-0.05, 0) is 42.8 Å². The van der Waals surface area contributed by atoms with Crippen molar-refractivity contribution in [1.82, 2.24) is 25.0 Å². The van der Waals surface area contributed by atoms with Crippen LogP contribution in [0.2, 0.25) is 0 Å². The van der Waals surface area contributed by atoms with E-state index in [0.717, 1.165) is 67.0 Å². The Bertz CT molecular complexity index is 1520. The van der Waals surface area contributed by atoms with Gasteiger partial charge in [-0.3, -0.25) is 18.7 Å². The number of carbonyl (C=O) groups excluding carboxylic acids is 1. The third-order valence-electron chi connectivity index (χ3n) is 8.12. The van der Waals surface area contributed by atoms with E-state index in [1.54, 1.807) is 0 Å². The first-order valence-corrected chi connectivity index (χ1v) is 13.3. The summed E-state index contributed by atoms with van der Waals surface area (Å²) in [5, 5.41) is 6.85. The molecule has 2 saturated heterocycles. The predicted octanol–water partition coefficient (Wildman–Crippen LogP) is 2.13. The first kappa shape index (κ1) is 24.7. The van der Waals surface area contributed by atoms with E-state index in [1.807, 2.05) is 65.3 Å². The molecule has 2 aliphatic heterocycles. The number of fused-ring (bicyclic) bond motifs is 3. The van der Waals surface area contributed by atoms with Gasteiger partial charge >= 0.3 is 5.91 Å². The number of rotatable bonds is 8. The maximum Gasteiger partial charge on any atom is 0.345 e. The molecule has 0 spiro atoms. The van der Waals surface area contributed by atoms with E-state index in [4.69, 9.17) is 5.73 Å². The zero-order valence-electron chi connectivity index (χ0n) is 21.6. The number of hydrogen-bond acceptors (Lipinski definition) is 6. The number of quaternary nitrogens is 1. The minimum Gasteiger partial charge on any atom is -0.330 e. The van der Waals surface area contributed by atoms with Crippen molar-refractivity contribution >= 4 is 11.7 Å². The molecule has 3 atom stereocenters. The molecule has 2 aliphatic rings. The van der Waals surface area contributed by atoms with Gasteiger partial charge in [0.15, 0.2) is 0 Å². The second-order valence-corrected chi connectivity index (χ2v) is 10.7. The third kappa shape index (κ3) is 4.48. The highest BCUT2D eigenvalue weighted by Crippen LogP contribution is 2.32. The van der Waals surface area contributed by atoms with E-state index in [9.17, 15) is 9.59 Å². The molecule has 38 heavy (non-hydrogen) atoms. The molecule has 1 amide bonds. The largest absolute Gasteiger partial charge is 0.345 e. The SMILES string of the molecule is C[N+]1(C(=O)c2ccc(-c3cn4cc(-c5ccc(CNCCCN)cc5)c(=O)[nH]c4n3)cc2)CC2CC1CN2. The van der Waals surface area contributed by atoms with Crippen LogP contribution in [0.25, 0.3) is 28.2 Å². The Labute approximate surface area is 221 Å². The Kier molecular flexibility index (Phi) is 6.45. The van der Waals surface area contributed by atoms with E-state index in [2.05, 4.69) is 27.6 Å². The summed E-state index contributed by atoms with van der Waals surface area (Å²) in [6.45, 7) is 4.08. The van der Waals surface area contributed by atoms with Gasteiger partial charge in [-0.1, -0.05) is 36.4 Å². The molecule has 4 heterocycles. The topological polar surface area (TPSA) is 117 Å². The number of hydrogen-bond donors (Lipinski definition) is 4. The monoisotopic (exact) mass is 512 g/mol. The van der Waals surface area contributed by atoms with Gasteiger partial charge in [0.25, 0.3) is 5.56 Å². The van der Waals surface area contributed by atoms with E-state index in [0.29, 0.717) is 34.5 Å². The van der Waals surface area contributed by atoms with Gasteiger partial charge in [0, 0.05) is 37.5 Å². The fourth-order valence-electron chi connectivity index (χ4n) is 5.86. The molecule has 6 rings (SSSR count). The van der Waals surface area contributed by atoms with Gasteiger partial charge in [0.1, 0.15) is 12.6 Å². The molecule has 2 aromatic carbocycles. The molecule has 2 fully saturated rings. The van der Waals surface area contributed by atoms with E-state index in [1.165, 1.54) is 0 Å². The van der Waals surface area contributed by atoms with Crippen LogP contribution < -0.4 is 21.9 Å². The molecule has 0 saturated carbocycles. The Hall–Kier alpha value is -3.63. The highest BCUT2D eigenvalue weighted by Gasteiger charge is 2.53. The number of carbonyl (C=O) groups is 1. The van der Waals surface area contributed by atoms with E-state index < -0.39 is 0 Å². The number of amides is 1. The molecule has 2 aromatic heterocycles. The van der Waals surface area contributed by atoms with Crippen LogP contribution in [0.3, 0.4) is 0 Å². The van der Waals surface area contributed by atoms with Crippen molar-refractivity contribution in [3.05, 3.63) is 82.4 Å². The summed E-state index contributed by atoms with van der Waals surface area (Å²) in [7, 11) is 2.06. The lowest BCUT2D eigenvalue weighted by Crippen LogP contribution is -2.59. The maximum absolute atomic E-state index is 13.3. The number of H-pyrrole nitrogens is 1. The van der Waals surface area contributed by atoms with E-state index >= 15 is 0 Å². The molecule has 0 aliphatic carbocycles. The normalized spacial score (nSPS) is 22.4. The molecule has 2 bridgehead atoms.